The van der Waals surface area contributed by atoms with Crippen LogP contribution in [0, 0.1) is 11.7 Å². The van der Waals surface area contributed by atoms with Gasteiger partial charge in [0.2, 0.25) is 27.9 Å². The highest BCUT2D eigenvalue weighted by Gasteiger charge is 2.22. The molecule has 2 unspecified atom stereocenters. The average molecular weight is 663 g/mol. The fourth-order valence-electron chi connectivity index (χ4n) is 6.10. The molecule has 252 valence electrons. The van der Waals surface area contributed by atoms with Crippen molar-refractivity contribution < 1.29 is 12.8 Å². The molecule has 4 N–H and O–H groups in total. The lowest BCUT2D eigenvalue weighted by atomic mass is 9.86. The molecule has 1 aliphatic carbocycles. The van der Waals surface area contributed by atoms with Crippen LogP contribution in [-0.2, 0) is 16.6 Å². The molecule has 5 rings (SSSR count). The lowest BCUT2D eigenvalue weighted by molar-refractivity contribution is 0.348. The van der Waals surface area contributed by atoms with Gasteiger partial charge in [-0.05, 0) is 61.4 Å². The molecule has 1 aromatic heterocycles. The predicted molar refractivity (Wildman–Crippen MR) is 189 cm³/mol. The number of unbranched alkanes of at least 4 members (excludes halogenated alkanes) is 3. The Bertz CT molecular complexity index is 1740. The first-order valence-corrected chi connectivity index (χ1v) is 18.1. The van der Waals surface area contributed by atoms with Gasteiger partial charge < -0.3 is 20.9 Å². The third kappa shape index (κ3) is 9.51. The average Bonchev–Trinajstić information content (AvgIpc) is 3.05. The molecule has 0 radical (unpaired) electrons. The molecule has 0 saturated heterocycles. The second-order valence-corrected chi connectivity index (χ2v) is 14.3. The van der Waals surface area contributed by atoms with Crippen molar-refractivity contribution in [2.45, 2.75) is 75.8 Å². The van der Waals surface area contributed by atoms with Crippen molar-refractivity contribution in [2.75, 3.05) is 48.0 Å². The van der Waals surface area contributed by atoms with E-state index in [1.165, 1.54) is 31.4 Å². The van der Waals surface area contributed by atoms with Crippen LogP contribution in [0.5, 0.6) is 0 Å². The second kappa shape index (κ2) is 16.2. The van der Waals surface area contributed by atoms with Gasteiger partial charge in [0.25, 0.3) is 0 Å². The number of nitrogens with one attached hydrogen (secondary N) is 4. The molecular weight excluding hydrogens is 616 g/mol. The molecule has 0 aliphatic heterocycles. The van der Waals surface area contributed by atoms with E-state index in [4.69, 9.17) is 0 Å². The van der Waals surface area contributed by atoms with Gasteiger partial charge in [0.15, 0.2) is 0 Å². The Morgan fingerprint density at radius 2 is 1.49 bits per heavy atom. The van der Waals surface area contributed by atoms with Crippen molar-refractivity contribution in [3.8, 4) is 0 Å². The summed E-state index contributed by atoms with van der Waals surface area (Å²) < 4.78 is 42.8. The quantitative estimate of drug-likeness (QED) is 0.0961. The highest BCUT2D eigenvalue weighted by molar-refractivity contribution is 7.89. The molecule has 0 spiro atoms. The molecular formula is C35H47FN8O2S. The molecule has 10 nitrogen and oxygen atoms in total. The van der Waals surface area contributed by atoms with E-state index in [-0.39, 0.29) is 5.82 Å². The summed E-state index contributed by atoms with van der Waals surface area (Å²) >= 11 is 0. The number of nitrogens with zero attached hydrogens (tertiary/aromatic N) is 4. The topological polar surface area (TPSA) is 124 Å². The van der Waals surface area contributed by atoms with Crippen LogP contribution in [0.3, 0.4) is 0 Å². The number of aromatic nitrogens is 3. The van der Waals surface area contributed by atoms with E-state index in [9.17, 15) is 12.8 Å². The van der Waals surface area contributed by atoms with Crippen LogP contribution in [0.25, 0.3) is 10.8 Å². The molecule has 3 aromatic carbocycles. The van der Waals surface area contributed by atoms with Crippen LogP contribution >= 0.6 is 0 Å². The lowest BCUT2D eigenvalue weighted by Crippen LogP contribution is -2.31. The molecule has 4 aromatic rings. The van der Waals surface area contributed by atoms with Crippen molar-refractivity contribution in [1.82, 2.24) is 19.7 Å². The van der Waals surface area contributed by atoms with E-state index < -0.39 is 10.0 Å². The first kappa shape index (κ1) is 34.3. The van der Waals surface area contributed by atoms with Gasteiger partial charge in [0.05, 0.1) is 4.90 Å². The molecule has 1 fully saturated rings. The van der Waals surface area contributed by atoms with Crippen LogP contribution in [0.1, 0.15) is 63.9 Å². The largest absolute Gasteiger partial charge is 0.377 e. The molecule has 0 amide bonds. The zero-order valence-corrected chi connectivity index (χ0v) is 28.4. The Balaban J connectivity index is 1.11. The Hall–Kier alpha value is -4.03. The summed E-state index contributed by atoms with van der Waals surface area (Å²) in [6.07, 6.45) is 8.12. The van der Waals surface area contributed by atoms with Gasteiger partial charge in [0, 0.05) is 56.2 Å². The summed E-state index contributed by atoms with van der Waals surface area (Å²) in [5, 5.41) is 11.7. The minimum atomic E-state index is -3.64. The van der Waals surface area contributed by atoms with Crippen LogP contribution in [0.4, 0.5) is 27.9 Å². The van der Waals surface area contributed by atoms with Crippen molar-refractivity contribution in [3.05, 3.63) is 72.0 Å². The van der Waals surface area contributed by atoms with Crippen LogP contribution in [-0.4, -0.2) is 56.6 Å². The summed E-state index contributed by atoms with van der Waals surface area (Å²) in [6.45, 7) is 3.70. The summed E-state index contributed by atoms with van der Waals surface area (Å²) in [6, 6.07) is 17.9. The maximum Gasteiger partial charge on any atom is 0.241 e. The van der Waals surface area contributed by atoms with E-state index in [0.717, 1.165) is 54.1 Å². The van der Waals surface area contributed by atoms with Gasteiger partial charge in [-0.3, -0.25) is 0 Å². The lowest BCUT2D eigenvalue weighted by Gasteiger charge is -2.29. The number of benzene rings is 3. The maximum absolute atomic E-state index is 13.7. The van der Waals surface area contributed by atoms with Gasteiger partial charge >= 0.3 is 0 Å². The molecule has 1 heterocycles. The maximum atomic E-state index is 13.7. The third-order valence-corrected chi connectivity index (χ3v) is 10.2. The fraction of sp³-hybridized carbons (Fsp3) is 0.457. The van der Waals surface area contributed by atoms with Crippen molar-refractivity contribution >= 4 is 44.3 Å². The minimum Gasteiger partial charge on any atom is -0.377 e. The monoisotopic (exact) mass is 662 g/mol. The van der Waals surface area contributed by atoms with Gasteiger partial charge in [-0.25, -0.2) is 17.5 Å². The smallest absolute Gasteiger partial charge is 0.241 e. The number of hydrogen-bond donors (Lipinski definition) is 4. The number of sulfonamides is 1. The minimum absolute atomic E-state index is 0.281. The van der Waals surface area contributed by atoms with Gasteiger partial charge in [-0.1, -0.05) is 69.0 Å². The summed E-state index contributed by atoms with van der Waals surface area (Å²) in [5.41, 5.74) is 1.78. The molecule has 2 atom stereocenters. The molecule has 1 aliphatic rings. The standard InChI is InChI=1S/C35H47FN8O2S/c1-25-13-6-7-18-30(25)40-35-42-33(41-34(43-35)38-24-26-14-10-15-27(36)23-26)37-21-8-4-5-9-22-39-47(45,46)32-20-12-16-28-29(32)17-11-19-31(28)44(2)3/h10-12,14-17,19-20,23,25,30,39H,4-9,13,18,21-22,24H2,1-3H3,(H3,37,38,40,41,42,43). The van der Waals surface area contributed by atoms with Crippen LogP contribution < -0.4 is 25.6 Å². The van der Waals surface area contributed by atoms with Gasteiger partial charge in [0.1, 0.15) is 5.82 Å². The molecule has 12 heteroatoms. The first-order valence-electron chi connectivity index (χ1n) is 16.6. The van der Waals surface area contributed by atoms with Gasteiger partial charge in [-0.2, -0.15) is 15.0 Å². The van der Waals surface area contributed by atoms with Gasteiger partial charge in [-0.15, -0.1) is 0 Å². The highest BCUT2D eigenvalue weighted by Crippen LogP contribution is 2.30. The zero-order valence-electron chi connectivity index (χ0n) is 27.6. The molecule has 1 saturated carbocycles. The Labute approximate surface area is 278 Å². The fourth-order valence-corrected chi connectivity index (χ4v) is 7.39. The van der Waals surface area contributed by atoms with Crippen molar-refractivity contribution in [1.29, 1.82) is 0 Å². The normalized spacial score (nSPS) is 16.6. The third-order valence-electron chi connectivity index (χ3n) is 8.71. The van der Waals surface area contributed by atoms with Crippen LogP contribution in [0.15, 0.2) is 65.6 Å². The van der Waals surface area contributed by atoms with E-state index in [1.807, 2.05) is 49.3 Å². The summed E-state index contributed by atoms with van der Waals surface area (Å²) in [7, 11) is 0.258. The number of hydrogen-bond acceptors (Lipinski definition) is 9. The van der Waals surface area contributed by atoms with Crippen molar-refractivity contribution in [2.24, 2.45) is 5.92 Å². The van der Waals surface area contributed by atoms with E-state index in [2.05, 4.69) is 42.5 Å². The second-order valence-electron chi connectivity index (χ2n) is 12.6. The first-order chi connectivity index (χ1) is 22.7. The Morgan fingerprint density at radius 1 is 0.809 bits per heavy atom. The predicted octanol–water partition coefficient (Wildman–Crippen LogP) is 6.78. The Morgan fingerprint density at radius 3 is 2.26 bits per heavy atom. The van der Waals surface area contributed by atoms with Crippen molar-refractivity contribution in [3.63, 3.8) is 0 Å². The summed E-state index contributed by atoms with van der Waals surface area (Å²) in [4.78, 5) is 16.1. The van der Waals surface area contributed by atoms with E-state index in [0.29, 0.717) is 54.3 Å². The SMILES string of the molecule is CC1CCCCC1Nc1nc(NCCCCCCNS(=O)(=O)c2cccc3c(N(C)C)cccc23)nc(NCc2cccc(F)c2)n1. The summed E-state index contributed by atoms with van der Waals surface area (Å²) in [5.74, 6) is 1.69. The number of rotatable bonds is 16. The Kier molecular flexibility index (Phi) is 11.8. The van der Waals surface area contributed by atoms with E-state index >= 15 is 0 Å². The highest BCUT2D eigenvalue weighted by atomic mass is 32.2. The molecule has 47 heavy (non-hydrogen) atoms. The van der Waals surface area contributed by atoms with Crippen LogP contribution in [0.2, 0.25) is 0 Å². The zero-order chi connectivity index (χ0) is 33.2. The molecule has 0 bridgehead atoms. The number of fused-ring (bicyclic) bond motifs is 1. The van der Waals surface area contributed by atoms with E-state index in [1.54, 1.807) is 18.2 Å². The number of halogens is 1. The number of anilines is 4.